The van der Waals surface area contributed by atoms with E-state index >= 15 is 0 Å². The van der Waals surface area contributed by atoms with E-state index in [0.717, 1.165) is 27.9 Å². The Bertz CT molecular complexity index is 449. The van der Waals surface area contributed by atoms with Crippen molar-refractivity contribution in [1.29, 1.82) is 0 Å². The van der Waals surface area contributed by atoms with Gasteiger partial charge in [0, 0.05) is 22.1 Å². The number of amides is 1. The molecule has 5 heteroatoms. The molecule has 1 aromatic carbocycles. The maximum absolute atomic E-state index is 11.6. The highest BCUT2D eigenvalue weighted by atomic mass is 79.9. The molecule has 98 valence electrons. The second-order valence-electron chi connectivity index (χ2n) is 4.75. The fourth-order valence-electron chi connectivity index (χ4n) is 1.74. The SMILES string of the molecule is CN(CC(=O)NC1CC1)Cc1ccc(Br)cc1Cl. The van der Waals surface area contributed by atoms with Crippen LogP contribution >= 0.6 is 27.5 Å². The van der Waals surface area contributed by atoms with Gasteiger partial charge in [0.15, 0.2) is 0 Å². The summed E-state index contributed by atoms with van der Waals surface area (Å²) in [5.41, 5.74) is 1.03. The smallest absolute Gasteiger partial charge is 0.234 e. The molecule has 0 aromatic heterocycles. The molecule has 0 spiro atoms. The lowest BCUT2D eigenvalue weighted by Crippen LogP contribution is -2.35. The van der Waals surface area contributed by atoms with Gasteiger partial charge in [-0.2, -0.15) is 0 Å². The number of halogens is 2. The van der Waals surface area contributed by atoms with Crippen LogP contribution in [0.5, 0.6) is 0 Å². The minimum absolute atomic E-state index is 0.0910. The lowest BCUT2D eigenvalue weighted by molar-refractivity contribution is -0.122. The predicted octanol–water partition coefficient (Wildman–Crippen LogP) is 2.81. The number of hydrogen-bond donors (Lipinski definition) is 1. The molecular formula is C13H16BrClN2O. The summed E-state index contributed by atoms with van der Waals surface area (Å²) in [5, 5.41) is 3.69. The zero-order valence-electron chi connectivity index (χ0n) is 10.2. The van der Waals surface area contributed by atoms with E-state index in [1.54, 1.807) is 0 Å². The Morgan fingerprint density at radius 2 is 2.28 bits per heavy atom. The van der Waals surface area contributed by atoms with Crippen molar-refractivity contribution in [2.75, 3.05) is 13.6 Å². The molecule has 0 radical (unpaired) electrons. The summed E-state index contributed by atoms with van der Waals surface area (Å²) < 4.78 is 0.963. The summed E-state index contributed by atoms with van der Waals surface area (Å²) in [5.74, 6) is 0.0910. The van der Waals surface area contributed by atoms with Crippen LogP contribution in [-0.4, -0.2) is 30.4 Å². The predicted molar refractivity (Wildman–Crippen MR) is 76.7 cm³/mol. The lowest BCUT2D eigenvalue weighted by Gasteiger charge is -2.17. The summed E-state index contributed by atoms with van der Waals surface area (Å²) in [6.07, 6.45) is 2.24. The molecule has 1 amide bonds. The van der Waals surface area contributed by atoms with Crippen LogP contribution in [-0.2, 0) is 11.3 Å². The second kappa shape index (κ2) is 6.04. The average molecular weight is 332 g/mol. The molecule has 3 nitrogen and oxygen atoms in total. The van der Waals surface area contributed by atoms with E-state index in [1.165, 1.54) is 0 Å². The van der Waals surface area contributed by atoms with Crippen LogP contribution in [0.2, 0.25) is 5.02 Å². The second-order valence-corrected chi connectivity index (χ2v) is 6.07. The van der Waals surface area contributed by atoms with Crippen LogP contribution in [0.1, 0.15) is 18.4 Å². The molecule has 0 aliphatic heterocycles. The van der Waals surface area contributed by atoms with Crippen molar-refractivity contribution in [2.24, 2.45) is 0 Å². The quantitative estimate of drug-likeness (QED) is 0.900. The molecule has 0 unspecified atom stereocenters. The summed E-state index contributed by atoms with van der Waals surface area (Å²) in [6, 6.07) is 6.22. The highest BCUT2D eigenvalue weighted by Gasteiger charge is 2.23. The summed E-state index contributed by atoms with van der Waals surface area (Å²) >= 11 is 9.52. The first-order valence-corrected chi connectivity index (χ1v) is 7.13. The molecule has 18 heavy (non-hydrogen) atoms. The number of benzene rings is 1. The van der Waals surface area contributed by atoms with Gasteiger partial charge in [0.1, 0.15) is 0 Å². The van der Waals surface area contributed by atoms with Crippen molar-refractivity contribution >= 4 is 33.4 Å². The van der Waals surface area contributed by atoms with Crippen LogP contribution in [0, 0.1) is 0 Å². The topological polar surface area (TPSA) is 32.3 Å². The average Bonchev–Trinajstić information content (AvgIpc) is 3.05. The number of rotatable bonds is 5. The summed E-state index contributed by atoms with van der Waals surface area (Å²) in [4.78, 5) is 13.6. The van der Waals surface area contributed by atoms with Crippen molar-refractivity contribution in [3.63, 3.8) is 0 Å². The van der Waals surface area contributed by atoms with Gasteiger partial charge >= 0.3 is 0 Å². The molecule has 1 aliphatic carbocycles. The molecule has 1 fully saturated rings. The lowest BCUT2D eigenvalue weighted by atomic mass is 10.2. The van der Waals surface area contributed by atoms with E-state index in [9.17, 15) is 4.79 Å². The third kappa shape index (κ3) is 4.26. The van der Waals surface area contributed by atoms with E-state index < -0.39 is 0 Å². The first kappa shape index (κ1) is 13.8. The number of likely N-dealkylation sites (N-methyl/N-ethyl adjacent to an activating group) is 1. The van der Waals surface area contributed by atoms with Crippen LogP contribution in [0.3, 0.4) is 0 Å². The van der Waals surface area contributed by atoms with Crippen LogP contribution < -0.4 is 5.32 Å². The third-order valence-electron chi connectivity index (χ3n) is 2.81. The van der Waals surface area contributed by atoms with Crippen molar-refractivity contribution in [2.45, 2.75) is 25.4 Å². The molecule has 1 aromatic rings. The molecule has 2 rings (SSSR count). The number of carbonyl (C=O) groups excluding carboxylic acids is 1. The fourth-order valence-corrected chi connectivity index (χ4v) is 2.48. The van der Waals surface area contributed by atoms with Gasteiger partial charge in [0.05, 0.1) is 6.54 Å². The first-order chi connectivity index (χ1) is 8.54. The Labute approximate surface area is 121 Å². The standard InChI is InChI=1S/C13H16BrClN2O/c1-17(8-13(18)16-11-4-5-11)7-9-2-3-10(14)6-12(9)15/h2-3,6,11H,4-5,7-8H2,1H3,(H,16,18). The minimum Gasteiger partial charge on any atom is -0.352 e. The number of carbonyl (C=O) groups is 1. The summed E-state index contributed by atoms with van der Waals surface area (Å²) in [6.45, 7) is 1.08. The maximum Gasteiger partial charge on any atom is 0.234 e. The van der Waals surface area contributed by atoms with E-state index in [2.05, 4.69) is 21.2 Å². The Morgan fingerprint density at radius 1 is 1.56 bits per heavy atom. The zero-order valence-corrected chi connectivity index (χ0v) is 12.6. The molecule has 1 saturated carbocycles. The van der Waals surface area contributed by atoms with Crippen molar-refractivity contribution < 1.29 is 4.79 Å². The highest BCUT2D eigenvalue weighted by molar-refractivity contribution is 9.10. The Balaban J connectivity index is 1.85. The Morgan fingerprint density at radius 3 is 2.89 bits per heavy atom. The Kier molecular flexibility index (Phi) is 4.65. The third-order valence-corrected chi connectivity index (χ3v) is 3.66. The normalized spacial score (nSPS) is 14.9. The van der Waals surface area contributed by atoms with Crippen molar-refractivity contribution in [3.8, 4) is 0 Å². The number of hydrogen-bond acceptors (Lipinski definition) is 2. The van der Waals surface area contributed by atoms with Gasteiger partial charge in [-0.05, 0) is 37.6 Å². The van der Waals surface area contributed by atoms with Gasteiger partial charge < -0.3 is 5.32 Å². The summed E-state index contributed by atoms with van der Waals surface area (Å²) in [7, 11) is 1.92. The van der Waals surface area contributed by atoms with Gasteiger partial charge in [-0.3, -0.25) is 9.69 Å². The van der Waals surface area contributed by atoms with E-state index in [-0.39, 0.29) is 5.91 Å². The monoisotopic (exact) mass is 330 g/mol. The van der Waals surface area contributed by atoms with Gasteiger partial charge in [-0.1, -0.05) is 33.6 Å². The highest BCUT2D eigenvalue weighted by Crippen LogP contribution is 2.22. The molecule has 1 N–H and O–H groups in total. The largest absolute Gasteiger partial charge is 0.352 e. The van der Waals surface area contributed by atoms with Gasteiger partial charge in [0.25, 0.3) is 0 Å². The van der Waals surface area contributed by atoms with Crippen LogP contribution in [0.25, 0.3) is 0 Å². The fraction of sp³-hybridized carbons (Fsp3) is 0.462. The van der Waals surface area contributed by atoms with E-state index in [1.807, 2.05) is 30.1 Å². The minimum atomic E-state index is 0.0910. The molecule has 0 heterocycles. The maximum atomic E-state index is 11.6. The molecule has 0 bridgehead atoms. The van der Waals surface area contributed by atoms with Crippen molar-refractivity contribution in [1.82, 2.24) is 10.2 Å². The van der Waals surface area contributed by atoms with E-state index in [4.69, 9.17) is 11.6 Å². The van der Waals surface area contributed by atoms with Crippen molar-refractivity contribution in [3.05, 3.63) is 33.3 Å². The molecular weight excluding hydrogens is 316 g/mol. The molecule has 1 aliphatic rings. The van der Waals surface area contributed by atoms with Gasteiger partial charge in [0.2, 0.25) is 5.91 Å². The van der Waals surface area contributed by atoms with Crippen LogP contribution in [0.15, 0.2) is 22.7 Å². The Hall–Kier alpha value is -0.580. The first-order valence-electron chi connectivity index (χ1n) is 5.96. The molecule has 0 atom stereocenters. The molecule has 0 saturated heterocycles. The van der Waals surface area contributed by atoms with E-state index in [0.29, 0.717) is 19.1 Å². The van der Waals surface area contributed by atoms with Gasteiger partial charge in [-0.25, -0.2) is 0 Å². The zero-order chi connectivity index (χ0) is 13.1. The number of nitrogens with zero attached hydrogens (tertiary/aromatic N) is 1. The number of nitrogens with one attached hydrogen (secondary N) is 1. The van der Waals surface area contributed by atoms with Crippen LogP contribution in [0.4, 0.5) is 0 Å². The van der Waals surface area contributed by atoms with Gasteiger partial charge in [-0.15, -0.1) is 0 Å².